The van der Waals surface area contributed by atoms with E-state index in [-0.39, 0.29) is 6.42 Å². The summed E-state index contributed by atoms with van der Waals surface area (Å²) < 4.78 is 0. The average Bonchev–Trinajstić information content (AvgIpc) is 3.22. The molecule has 1 aromatic carbocycles. The number of aliphatic carboxylic acids is 1. The molecule has 0 saturated carbocycles. The van der Waals surface area contributed by atoms with Crippen molar-refractivity contribution in [2.75, 3.05) is 6.61 Å². The molecule has 1 aromatic heterocycles. The Kier molecular flexibility index (Phi) is 9.93. The predicted molar refractivity (Wildman–Crippen MR) is 129 cm³/mol. The molecule has 0 spiro atoms. The number of H-pyrrole nitrogens is 1. The van der Waals surface area contributed by atoms with Crippen LogP contribution in [0.4, 0.5) is 0 Å². The second-order valence-electron chi connectivity index (χ2n) is 8.71. The summed E-state index contributed by atoms with van der Waals surface area (Å²) in [6, 6.07) is 2.29. The lowest BCUT2D eigenvalue weighted by Gasteiger charge is -2.26. The molecule has 0 bridgehead atoms. The van der Waals surface area contributed by atoms with Gasteiger partial charge in [0.15, 0.2) is 0 Å². The molecule has 1 heterocycles. The van der Waals surface area contributed by atoms with Crippen molar-refractivity contribution >= 4 is 40.5 Å². The van der Waals surface area contributed by atoms with Crippen molar-refractivity contribution in [1.29, 1.82) is 0 Å². The van der Waals surface area contributed by atoms with Crippen LogP contribution in [0.3, 0.4) is 0 Å². The van der Waals surface area contributed by atoms with E-state index in [4.69, 9.17) is 16.6 Å². The van der Waals surface area contributed by atoms with Gasteiger partial charge in [0, 0.05) is 17.1 Å². The molecule has 36 heavy (non-hydrogen) atoms. The van der Waals surface area contributed by atoms with E-state index in [1.165, 1.54) is 0 Å². The zero-order valence-corrected chi connectivity index (χ0v) is 20.0. The number of fused-ring (bicyclic) bond motifs is 1. The second kappa shape index (κ2) is 12.7. The number of nitrogens with one attached hydrogen (secondary N) is 4. The highest BCUT2D eigenvalue weighted by Gasteiger charge is 2.32. The van der Waals surface area contributed by atoms with E-state index in [0.717, 1.165) is 16.5 Å². The summed E-state index contributed by atoms with van der Waals surface area (Å²) >= 11 is 0. The number of aliphatic hydroxyl groups excluding tert-OH is 1. The van der Waals surface area contributed by atoms with Gasteiger partial charge in [0.2, 0.25) is 23.6 Å². The van der Waals surface area contributed by atoms with Gasteiger partial charge in [-0.25, -0.2) is 4.79 Å². The van der Waals surface area contributed by atoms with Gasteiger partial charge in [-0.1, -0.05) is 32.0 Å². The molecular formula is C23H32N6O7. The Bertz CT molecular complexity index is 1120. The van der Waals surface area contributed by atoms with Crippen molar-refractivity contribution in [3.05, 3.63) is 36.0 Å². The molecule has 2 aromatic rings. The van der Waals surface area contributed by atoms with E-state index < -0.39 is 72.7 Å². The van der Waals surface area contributed by atoms with Gasteiger partial charge >= 0.3 is 5.97 Å². The fourth-order valence-electron chi connectivity index (χ4n) is 3.55. The second-order valence-corrected chi connectivity index (χ2v) is 8.71. The van der Waals surface area contributed by atoms with Crippen molar-refractivity contribution in [3.8, 4) is 0 Å². The number of para-hydroxylation sites is 1. The number of carbonyl (C=O) groups excluding carboxylic acids is 4. The van der Waals surface area contributed by atoms with Crippen LogP contribution in [-0.2, 0) is 30.4 Å². The molecule has 0 radical (unpaired) electrons. The number of primary amides is 1. The Balaban J connectivity index is 2.04. The maximum absolute atomic E-state index is 12.9. The third-order valence-electron chi connectivity index (χ3n) is 5.53. The molecule has 196 valence electrons. The van der Waals surface area contributed by atoms with Crippen LogP contribution in [0.2, 0.25) is 0 Å². The Morgan fingerprint density at radius 2 is 1.61 bits per heavy atom. The number of aromatic nitrogens is 1. The van der Waals surface area contributed by atoms with Gasteiger partial charge in [-0.2, -0.15) is 0 Å². The van der Waals surface area contributed by atoms with E-state index >= 15 is 0 Å². The van der Waals surface area contributed by atoms with E-state index in [9.17, 15) is 29.1 Å². The zero-order valence-electron chi connectivity index (χ0n) is 20.0. The predicted octanol–water partition coefficient (Wildman–Crippen LogP) is -1.90. The number of hydrogen-bond acceptors (Lipinski definition) is 7. The normalized spacial score (nSPS) is 14.5. The van der Waals surface area contributed by atoms with Gasteiger partial charge in [-0.3, -0.25) is 19.2 Å². The van der Waals surface area contributed by atoms with E-state index in [2.05, 4.69) is 15.6 Å². The first kappa shape index (κ1) is 28.3. The van der Waals surface area contributed by atoms with Crippen LogP contribution in [0.15, 0.2) is 30.5 Å². The lowest BCUT2D eigenvalue weighted by molar-refractivity contribution is -0.144. The van der Waals surface area contributed by atoms with E-state index in [0.29, 0.717) is 0 Å². The number of carbonyl (C=O) groups is 5. The van der Waals surface area contributed by atoms with Gasteiger partial charge in [0.1, 0.15) is 18.1 Å². The number of hydrogen-bond donors (Lipinski definition) is 8. The van der Waals surface area contributed by atoms with Crippen LogP contribution >= 0.6 is 0 Å². The number of benzene rings is 1. The van der Waals surface area contributed by atoms with Crippen LogP contribution in [0.1, 0.15) is 25.8 Å². The molecule has 13 heteroatoms. The minimum atomic E-state index is -1.64. The minimum Gasteiger partial charge on any atom is -0.480 e. The molecule has 4 unspecified atom stereocenters. The number of nitrogens with two attached hydrogens (primary N) is 2. The van der Waals surface area contributed by atoms with Crippen LogP contribution < -0.4 is 27.4 Å². The number of aliphatic hydroxyl groups is 1. The number of carboxylic acids is 1. The summed E-state index contributed by atoms with van der Waals surface area (Å²) in [4.78, 5) is 63.4. The van der Waals surface area contributed by atoms with Crippen LogP contribution in [0.25, 0.3) is 10.9 Å². The molecule has 4 amide bonds. The molecule has 10 N–H and O–H groups in total. The monoisotopic (exact) mass is 504 g/mol. The molecule has 2 rings (SSSR count). The Hall–Kier alpha value is -3.97. The standard InChI is InChI=1S/C23H32N6O7/c1-11(2)19(22(34)28-17(10-30)21(33)27-16(23(35)36)8-18(25)31)29-20(32)14(24)7-12-9-26-15-6-4-3-5-13(12)15/h3-6,9,11,14,16-17,19,26,30H,7-8,10,24H2,1-2H3,(H2,25,31)(H,27,33)(H,28,34)(H,29,32)(H,35,36). The highest BCUT2D eigenvalue weighted by Crippen LogP contribution is 2.19. The fourth-order valence-corrected chi connectivity index (χ4v) is 3.55. The molecule has 4 atom stereocenters. The van der Waals surface area contributed by atoms with E-state index in [1.54, 1.807) is 20.0 Å². The van der Waals surface area contributed by atoms with Crippen molar-refractivity contribution in [2.24, 2.45) is 17.4 Å². The number of aromatic amines is 1. The Morgan fingerprint density at radius 1 is 0.972 bits per heavy atom. The highest BCUT2D eigenvalue weighted by atomic mass is 16.4. The van der Waals surface area contributed by atoms with E-state index in [1.807, 2.05) is 29.6 Å². The summed E-state index contributed by atoms with van der Waals surface area (Å²) in [7, 11) is 0. The number of rotatable bonds is 13. The lowest BCUT2D eigenvalue weighted by atomic mass is 10.0. The summed E-state index contributed by atoms with van der Waals surface area (Å²) in [6.07, 6.45) is 1.30. The first-order valence-electron chi connectivity index (χ1n) is 11.3. The van der Waals surface area contributed by atoms with Crippen molar-refractivity contribution in [2.45, 2.75) is 50.9 Å². The maximum Gasteiger partial charge on any atom is 0.326 e. The lowest BCUT2D eigenvalue weighted by Crippen LogP contribution is -2.59. The third kappa shape index (κ3) is 7.52. The van der Waals surface area contributed by atoms with Crippen LogP contribution in [-0.4, -0.2) is 75.6 Å². The molecule has 0 aliphatic carbocycles. The first-order valence-corrected chi connectivity index (χ1v) is 11.3. The Labute approximate surface area is 207 Å². The number of carboxylic acid groups (broad SMARTS) is 1. The van der Waals surface area contributed by atoms with Crippen molar-refractivity contribution in [1.82, 2.24) is 20.9 Å². The fraction of sp³-hybridized carbons (Fsp3) is 0.435. The molecule has 0 saturated heterocycles. The summed E-state index contributed by atoms with van der Waals surface area (Å²) in [5.41, 5.74) is 12.8. The molecular weight excluding hydrogens is 472 g/mol. The summed E-state index contributed by atoms with van der Waals surface area (Å²) in [5.74, 6) is -5.30. The molecule has 0 fully saturated rings. The summed E-state index contributed by atoms with van der Waals surface area (Å²) in [6.45, 7) is 2.47. The van der Waals surface area contributed by atoms with Crippen LogP contribution in [0.5, 0.6) is 0 Å². The third-order valence-corrected chi connectivity index (χ3v) is 5.53. The average molecular weight is 505 g/mol. The summed E-state index contributed by atoms with van der Waals surface area (Å²) in [5, 5.41) is 26.5. The first-order chi connectivity index (χ1) is 16.9. The molecule has 0 aliphatic heterocycles. The largest absolute Gasteiger partial charge is 0.480 e. The van der Waals surface area contributed by atoms with Gasteiger partial charge in [0.05, 0.1) is 19.1 Å². The Morgan fingerprint density at radius 3 is 2.19 bits per heavy atom. The maximum atomic E-state index is 12.9. The number of amides is 4. The smallest absolute Gasteiger partial charge is 0.326 e. The quantitative estimate of drug-likeness (QED) is 0.153. The van der Waals surface area contributed by atoms with Gasteiger partial charge in [0.25, 0.3) is 0 Å². The topological polar surface area (TPSA) is 230 Å². The molecule has 0 aliphatic rings. The van der Waals surface area contributed by atoms with Gasteiger partial charge in [-0.05, 0) is 24.0 Å². The zero-order chi connectivity index (χ0) is 27.0. The van der Waals surface area contributed by atoms with Gasteiger partial charge < -0.3 is 42.6 Å². The van der Waals surface area contributed by atoms with Gasteiger partial charge in [-0.15, -0.1) is 0 Å². The van der Waals surface area contributed by atoms with Crippen molar-refractivity contribution < 1.29 is 34.2 Å². The SMILES string of the molecule is CC(C)C(NC(=O)C(N)Cc1c[nH]c2ccccc12)C(=O)NC(CO)C(=O)NC(CC(N)=O)C(=O)O. The highest BCUT2D eigenvalue weighted by molar-refractivity contribution is 5.95. The van der Waals surface area contributed by atoms with Crippen LogP contribution in [0, 0.1) is 5.92 Å². The van der Waals surface area contributed by atoms with Crippen molar-refractivity contribution in [3.63, 3.8) is 0 Å². The molecule has 13 nitrogen and oxygen atoms in total. The minimum absolute atomic E-state index is 0.209.